The molecule has 2 rings (SSSR count). The largest absolute Gasteiger partial charge is 0.476 e. The number of carbonyl (C=O) groups is 1. The molecule has 78 valence electrons. The van der Waals surface area contributed by atoms with Gasteiger partial charge in [0.15, 0.2) is 5.69 Å². The molecule has 2 heterocycles. The molecule has 0 aliphatic carbocycles. The second-order valence-electron chi connectivity index (χ2n) is 3.00. The molecule has 0 aromatic carbocycles. The summed E-state index contributed by atoms with van der Waals surface area (Å²) < 4.78 is 1.54. The Morgan fingerprint density at radius 2 is 2.47 bits per heavy atom. The molecular weight excluding hydrogens is 214 g/mol. The van der Waals surface area contributed by atoms with Crippen molar-refractivity contribution in [3.05, 3.63) is 34.3 Å². The number of hydrogen-bond donors (Lipinski definition) is 1. The number of carboxylic acids is 1. The van der Waals surface area contributed by atoms with E-state index in [1.807, 2.05) is 17.5 Å². The van der Waals surface area contributed by atoms with Crippen LogP contribution in [0.4, 0.5) is 0 Å². The van der Waals surface area contributed by atoms with Gasteiger partial charge in [-0.05, 0) is 11.4 Å². The number of aryl methyl sites for hydroxylation is 2. The minimum atomic E-state index is -1.04. The Kier molecular flexibility index (Phi) is 2.77. The van der Waals surface area contributed by atoms with E-state index in [0.717, 1.165) is 6.42 Å². The van der Waals surface area contributed by atoms with Crippen LogP contribution in [0.5, 0.6) is 0 Å². The van der Waals surface area contributed by atoms with Crippen molar-refractivity contribution in [3.63, 3.8) is 0 Å². The molecule has 2 aromatic heterocycles. The zero-order chi connectivity index (χ0) is 10.7. The minimum Gasteiger partial charge on any atom is -0.476 e. The Balaban J connectivity index is 1.96. The topological polar surface area (TPSA) is 68.0 Å². The van der Waals surface area contributed by atoms with Gasteiger partial charge in [0.2, 0.25) is 0 Å². The zero-order valence-corrected chi connectivity index (χ0v) is 8.65. The molecule has 0 aliphatic rings. The molecule has 2 aromatic rings. The molecule has 0 fully saturated rings. The first-order chi connectivity index (χ1) is 7.25. The van der Waals surface area contributed by atoms with Crippen LogP contribution in [0.25, 0.3) is 0 Å². The van der Waals surface area contributed by atoms with Gasteiger partial charge in [-0.1, -0.05) is 11.3 Å². The van der Waals surface area contributed by atoms with Crippen LogP contribution >= 0.6 is 11.3 Å². The van der Waals surface area contributed by atoms with Gasteiger partial charge in [0.05, 0.1) is 6.20 Å². The van der Waals surface area contributed by atoms with Gasteiger partial charge in [0.25, 0.3) is 0 Å². The lowest BCUT2D eigenvalue weighted by Gasteiger charge is -1.96. The van der Waals surface area contributed by atoms with Crippen LogP contribution in [0.3, 0.4) is 0 Å². The van der Waals surface area contributed by atoms with E-state index >= 15 is 0 Å². The van der Waals surface area contributed by atoms with E-state index in [2.05, 4.69) is 10.3 Å². The van der Waals surface area contributed by atoms with Crippen molar-refractivity contribution in [2.24, 2.45) is 0 Å². The van der Waals surface area contributed by atoms with Crippen molar-refractivity contribution in [2.75, 3.05) is 0 Å². The second-order valence-corrected chi connectivity index (χ2v) is 4.03. The summed E-state index contributed by atoms with van der Waals surface area (Å²) in [6.07, 6.45) is 2.29. The fourth-order valence-electron chi connectivity index (χ4n) is 1.19. The highest BCUT2D eigenvalue weighted by atomic mass is 32.1. The highest BCUT2D eigenvalue weighted by molar-refractivity contribution is 7.09. The molecule has 5 nitrogen and oxygen atoms in total. The quantitative estimate of drug-likeness (QED) is 0.847. The monoisotopic (exact) mass is 223 g/mol. The minimum absolute atomic E-state index is 0.0128. The van der Waals surface area contributed by atoms with Gasteiger partial charge in [0, 0.05) is 17.8 Å². The van der Waals surface area contributed by atoms with Crippen LogP contribution in [0.15, 0.2) is 23.7 Å². The second kappa shape index (κ2) is 4.22. The maximum atomic E-state index is 10.5. The summed E-state index contributed by atoms with van der Waals surface area (Å²) in [7, 11) is 0. The number of aromatic carboxylic acids is 1. The van der Waals surface area contributed by atoms with Crippen LogP contribution in [-0.2, 0) is 13.0 Å². The Bertz CT molecular complexity index is 450. The van der Waals surface area contributed by atoms with Gasteiger partial charge in [-0.15, -0.1) is 16.4 Å². The third-order valence-corrected chi connectivity index (χ3v) is 2.86. The molecule has 0 saturated heterocycles. The molecule has 0 atom stereocenters. The summed E-state index contributed by atoms with van der Waals surface area (Å²) in [5.74, 6) is -1.04. The molecule has 0 unspecified atom stereocenters. The summed E-state index contributed by atoms with van der Waals surface area (Å²) in [6.45, 7) is 0.654. The molecule has 0 amide bonds. The van der Waals surface area contributed by atoms with Gasteiger partial charge in [0.1, 0.15) is 0 Å². The van der Waals surface area contributed by atoms with Crippen LogP contribution in [-0.4, -0.2) is 26.1 Å². The van der Waals surface area contributed by atoms with Crippen LogP contribution < -0.4 is 0 Å². The molecular formula is C9H9N3O2S. The first-order valence-corrected chi connectivity index (χ1v) is 5.29. The van der Waals surface area contributed by atoms with E-state index < -0.39 is 5.97 Å². The SMILES string of the molecule is O=C(O)c1cn(CCc2cccs2)nn1. The standard InChI is InChI=1S/C9H9N3O2S/c13-9(14)8-6-12(11-10-8)4-3-7-2-1-5-15-7/h1-2,5-6H,3-4H2,(H,13,14). The summed E-state index contributed by atoms with van der Waals surface area (Å²) in [5, 5.41) is 17.9. The fourth-order valence-corrected chi connectivity index (χ4v) is 1.88. The van der Waals surface area contributed by atoms with Gasteiger partial charge < -0.3 is 5.11 Å². The highest BCUT2D eigenvalue weighted by Crippen LogP contribution is 2.09. The van der Waals surface area contributed by atoms with Crippen molar-refractivity contribution in [2.45, 2.75) is 13.0 Å². The van der Waals surface area contributed by atoms with Gasteiger partial charge in [-0.2, -0.15) is 0 Å². The summed E-state index contributed by atoms with van der Waals surface area (Å²) >= 11 is 1.68. The van der Waals surface area contributed by atoms with Crippen LogP contribution in [0, 0.1) is 0 Å². The van der Waals surface area contributed by atoms with Crippen molar-refractivity contribution >= 4 is 17.3 Å². The average Bonchev–Trinajstić information content (AvgIpc) is 2.86. The zero-order valence-electron chi connectivity index (χ0n) is 7.83. The Hall–Kier alpha value is -1.69. The van der Waals surface area contributed by atoms with E-state index in [0.29, 0.717) is 6.54 Å². The van der Waals surface area contributed by atoms with Crippen LogP contribution in [0.1, 0.15) is 15.4 Å². The maximum absolute atomic E-state index is 10.5. The van der Waals surface area contributed by atoms with Crippen LogP contribution in [0.2, 0.25) is 0 Å². The molecule has 1 N–H and O–H groups in total. The van der Waals surface area contributed by atoms with Crippen molar-refractivity contribution in [1.29, 1.82) is 0 Å². The highest BCUT2D eigenvalue weighted by Gasteiger charge is 2.07. The summed E-state index contributed by atoms with van der Waals surface area (Å²) in [4.78, 5) is 11.8. The van der Waals surface area contributed by atoms with E-state index in [1.165, 1.54) is 11.1 Å². The average molecular weight is 223 g/mol. The van der Waals surface area contributed by atoms with Gasteiger partial charge in [-0.3, -0.25) is 4.68 Å². The fraction of sp³-hybridized carbons (Fsp3) is 0.222. The Morgan fingerprint density at radius 3 is 3.07 bits per heavy atom. The van der Waals surface area contributed by atoms with E-state index in [9.17, 15) is 4.79 Å². The first-order valence-electron chi connectivity index (χ1n) is 4.41. The van der Waals surface area contributed by atoms with Crippen molar-refractivity contribution in [3.8, 4) is 0 Å². The number of carboxylic acid groups (broad SMARTS) is 1. The van der Waals surface area contributed by atoms with E-state index in [-0.39, 0.29) is 5.69 Å². The molecule has 0 bridgehead atoms. The third kappa shape index (κ3) is 2.41. The summed E-state index contributed by atoms with van der Waals surface area (Å²) in [5.41, 5.74) is -0.0128. The molecule has 0 spiro atoms. The number of thiophene rings is 1. The lowest BCUT2D eigenvalue weighted by Crippen LogP contribution is -2.01. The normalized spacial score (nSPS) is 10.4. The number of aromatic nitrogens is 3. The molecule has 6 heteroatoms. The number of nitrogens with zero attached hydrogens (tertiary/aromatic N) is 3. The van der Waals surface area contributed by atoms with Gasteiger partial charge in [-0.25, -0.2) is 4.79 Å². The lowest BCUT2D eigenvalue weighted by atomic mass is 10.3. The molecule has 0 saturated carbocycles. The van der Waals surface area contributed by atoms with E-state index in [1.54, 1.807) is 16.0 Å². The molecule has 0 radical (unpaired) electrons. The Labute approximate surface area is 90.0 Å². The molecule has 0 aliphatic heterocycles. The van der Waals surface area contributed by atoms with Gasteiger partial charge >= 0.3 is 5.97 Å². The van der Waals surface area contributed by atoms with Crippen molar-refractivity contribution < 1.29 is 9.90 Å². The lowest BCUT2D eigenvalue weighted by molar-refractivity contribution is 0.0690. The van der Waals surface area contributed by atoms with E-state index in [4.69, 9.17) is 5.11 Å². The smallest absolute Gasteiger partial charge is 0.358 e. The predicted molar refractivity (Wildman–Crippen MR) is 55.0 cm³/mol. The number of rotatable bonds is 4. The maximum Gasteiger partial charge on any atom is 0.358 e. The summed E-state index contributed by atoms with van der Waals surface area (Å²) in [6, 6.07) is 4.03. The number of hydrogen-bond acceptors (Lipinski definition) is 4. The van der Waals surface area contributed by atoms with Crippen molar-refractivity contribution in [1.82, 2.24) is 15.0 Å². The third-order valence-electron chi connectivity index (χ3n) is 1.93. The molecule has 15 heavy (non-hydrogen) atoms. The predicted octanol–water partition coefficient (Wildman–Crippen LogP) is 1.28. The Morgan fingerprint density at radius 1 is 1.60 bits per heavy atom. The first kappa shape index (κ1) is 9.85.